The summed E-state index contributed by atoms with van der Waals surface area (Å²) in [6.07, 6.45) is -0.102. The lowest BCUT2D eigenvalue weighted by atomic mass is 9.69. The highest BCUT2D eigenvalue weighted by Crippen LogP contribution is 2.46. The van der Waals surface area contributed by atoms with Crippen molar-refractivity contribution >= 4 is 45.8 Å². The Morgan fingerprint density at radius 2 is 1.54 bits per heavy atom. The summed E-state index contributed by atoms with van der Waals surface area (Å²) in [5, 5.41) is 0. The molecule has 0 unspecified atom stereocenters. The second-order valence-corrected chi connectivity index (χ2v) is 20.4. The van der Waals surface area contributed by atoms with Gasteiger partial charge >= 0.3 is 34.5 Å². The van der Waals surface area contributed by atoms with Crippen molar-refractivity contribution in [1.82, 2.24) is 9.62 Å². The fourth-order valence-corrected chi connectivity index (χ4v) is 8.12. The quantitative estimate of drug-likeness (QED) is 0.104. The van der Waals surface area contributed by atoms with E-state index in [0.717, 1.165) is 12.8 Å². The summed E-state index contributed by atoms with van der Waals surface area (Å²) >= 11 is 0. The Balaban J connectivity index is 1.92. The molecule has 0 spiro atoms. The zero-order valence-corrected chi connectivity index (χ0v) is 38.1. The Morgan fingerprint density at radius 3 is 2.10 bits per heavy atom. The van der Waals surface area contributed by atoms with Crippen molar-refractivity contribution in [1.29, 1.82) is 0 Å². The number of nitrogens with zero attached hydrogens (tertiary/aromatic N) is 3. The van der Waals surface area contributed by atoms with Crippen LogP contribution in [0.25, 0.3) is 0 Å². The Bertz CT molecular complexity index is 2020. The molecule has 1 heterocycles. The number of halogens is 1. The highest BCUT2D eigenvalue weighted by molar-refractivity contribution is 7.91. The number of esters is 1. The van der Waals surface area contributed by atoms with E-state index in [2.05, 4.69) is 20.4 Å². The van der Waals surface area contributed by atoms with Crippen LogP contribution in [0.5, 0.6) is 5.75 Å². The van der Waals surface area contributed by atoms with Gasteiger partial charge in [0, 0.05) is 31.1 Å². The van der Waals surface area contributed by atoms with Gasteiger partial charge in [0.1, 0.15) is 48.0 Å². The first kappa shape index (κ1) is 48.6. The molecule has 17 heteroatoms. The van der Waals surface area contributed by atoms with Crippen LogP contribution in [0.3, 0.4) is 0 Å². The third-order valence-corrected chi connectivity index (χ3v) is 11.0. The molecule has 0 bridgehead atoms. The van der Waals surface area contributed by atoms with Crippen LogP contribution in [0.15, 0.2) is 49.1 Å². The molecular weight excluding hydrogens is 812 g/mol. The number of anilines is 2. The normalized spacial score (nSPS) is 17.7. The second kappa shape index (κ2) is 19.3. The SMILES string of the molecule is C=CCOC(=O)NS(=O)(=O)N(CC(=O)OC(C)(C)C)c1c(OCc2ccccc2)cc2c(c1F)C[C@H](CN(CC1CC(C(C)C)C1)C(=O)OC(C)(C)C)N2C(=O)OC(C)(C)C. The molecule has 15 nitrogen and oxygen atoms in total. The van der Waals surface area contributed by atoms with Crippen molar-refractivity contribution in [3.63, 3.8) is 0 Å². The van der Waals surface area contributed by atoms with Gasteiger partial charge in [0.05, 0.1) is 11.7 Å². The van der Waals surface area contributed by atoms with Crippen molar-refractivity contribution in [2.45, 2.75) is 125 Å². The van der Waals surface area contributed by atoms with Gasteiger partial charge in [-0.25, -0.2) is 27.8 Å². The molecule has 0 aromatic heterocycles. The summed E-state index contributed by atoms with van der Waals surface area (Å²) in [4.78, 5) is 57.0. The zero-order valence-electron chi connectivity index (χ0n) is 37.3. The largest absolute Gasteiger partial charge is 0.487 e. The number of amides is 3. The Morgan fingerprint density at radius 1 is 0.934 bits per heavy atom. The van der Waals surface area contributed by atoms with Gasteiger partial charge in [-0.05, 0) is 98.5 Å². The molecule has 4 rings (SSSR count). The van der Waals surface area contributed by atoms with E-state index in [-0.39, 0.29) is 43.3 Å². The molecule has 2 aromatic rings. The summed E-state index contributed by atoms with van der Waals surface area (Å²) in [5.41, 5.74) is -3.20. The number of carbonyl (C=O) groups excluding carboxylic acids is 4. The molecule has 338 valence electrons. The number of fused-ring (bicyclic) bond motifs is 1. The molecule has 1 fully saturated rings. The smallest absolute Gasteiger partial charge is 0.422 e. The number of hydrogen-bond donors (Lipinski definition) is 1. The summed E-state index contributed by atoms with van der Waals surface area (Å²) in [6.45, 7) is 21.3. The third kappa shape index (κ3) is 13.7. The van der Waals surface area contributed by atoms with Gasteiger partial charge in [-0.2, -0.15) is 8.42 Å². The van der Waals surface area contributed by atoms with Gasteiger partial charge in [-0.15, -0.1) is 0 Å². The zero-order chi connectivity index (χ0) is 45.7. The van der Waals surface area contributed by atoms with E-state index in [1.807, 2.05) is 0 Å². The van der Waals surface area contributed by atoms with Crippen LogP contribution in [0.4, 0.5) is 30.1 Å². The minimum absolute atomic E-state index is 0.0100. The molecular formula is C44H63FN4O11S. The van der Waals surface area contributed by atoms with Gasteiger partial charge in [0.2, 0.25) is 0 Å². The number of hydrogen-bond acceptors (Lipinski definition) is 11. The van der Waals surface area contributed by atoms with Crippen molar-refractivity contribution in [2.75, 3.05) is 35.4 Å². The Kier molecular flexibility index (Phi) is 15.4. The fourth-order valence-electron chi connectivity index (χ4n) is 7.05. The van der Waals surface area contributed by atoms with Crippen LogP contribution in [0, 0.1) is 23.6 Å². The van der Waals surface area contributed by atoms with Gasteiger partial charge in [-0.1, -0.05) is 56.8 Å². The van der Waals surface area contributed by atoms with E-state index in [1.54, 1.807) is 97.4 Å². The van der Waals surface area contributed by atoms with E-state index < -0.39 is 81.1 Å². The summed E-state index contributed by atoms with van der Waals surface area (Å²) in [6, 6.07) is 9.10. The molecule has 61 heavy (non-hydrogen) atoms. The molecule has 2 aliphatic rings. The first-order valence-electron chi connectivity index (χ1n) is 20.5. The summed E-state index contributed by atoms with van der Waals surface area (Å²) < 4.78 is 76.3. The predicted octanol–water partition coefficient (Wildman–Crippen LogP) is 8.30. The fraction of sp³-hybridized carbons (Fsp3) is 0.591. The van der Waals surface area contributed by atoms with E-state index in [9.17, 15) is 27.6 Å². The number of nitrogens with one attached hydrogen (secondary N) is 1. The van der Waals surface area contributed by atoms with Gasteiger partial charge in [0.15, 0.2) is 5.82 Å². The molecule has 0 saturated heterocycles. The topological polar surface area (TPSA) is 170 Å². The number of ether oxygens (including phenoxy) is 5. The number of rotatable bonds is 15. The van der Waals surface area contributed by atoms with Crippen LogP contribution < -0.4 is 18.7 Å². The number of benzene rings is 2. The van der Waals surface area contributed by atoms with E-state index in [0.29, 0.717) is 28.2 Å². The maximum Gasteiger partial charge on any atom is 0.422 e. The first-order valence-corrected chi connectivity index (χ1v) is 21.9. The Hall–Kier alpha value is -5.06. The van der Waals surface area contributed by atoms with Gasteiger partial charge in [0.25, 0.3) is 0 Å². The standard InChI is InChI=1S/C44H63FN4O11S/c1-13-19-56-39(51)46-61(54,55)48(26-36(50)58-42(4,5)6)38-35(57-27-29-17-15-14-16-18-29)23-34-33(37(38)45)22-32(49(34)41(53)60-44(10,11)12)25-47(40(52)59-43(7,8)9)24-30-20-31(21-30)28(2)3/h13-18,23,28,30-32H,1,19-22,24-27H2,2-12H3,(H,46,51)/t30?,31?,32-/m1/s1. The molecule has 1 atom stereocenters. The molecule has 2 aromatic carbocycles. The van der Waals surface area contributed by atoms with E-state index in [1.165, 1.54) is 21.9 Å². The van der Waals surface area contributed by atoms with Crippen LogP contribution in [0.1, 0.15) is 100 Å². The maximum atomic E-state index is 17.7. The lowest BCUT2D eigenvalue weighted by molar-refractivity contribution is -0.152. The predicted molar refractivity (Wildman–Crippen MR) is 229 cm³/mol. The van der Waals surface area contributed by atoms with Gasteiger partial charge in [-0.3, -0.25) is 9.69 Å². The molecule has 3 amide bonds. The monoisotopic (exact) mass is 874 g/mol. The molecule has 1 aliphatic heterocycles. The summed E-state index contributed by atoms with van der Waals surface area (Å²) in [5.74, 6) is -1.52. The third-order valence-electron chi connectivity index (χ3n) is 9.73. The van der Waals surface area contributed by atoms with Crippen molar-refractivity contribution < 1.29 is 55.7 Å². The number of carbonyl (C=O) groups is 4. The molecule has 1 aliphatic carbocycles. The molecule has 1 saturated carbocycles. The average molecular weight is 875 g/mol. The van der Waals surface area contributed by atoms with Crippen LogP contribution in [-0.4, -0.2) is 86.7 Å². The van der Waals surface area contributed by atoms with Crippen molar-refractivity contribution in [3.8, 4) is 5.75 Å². The minimum Gasteiger partial charge on any atom is -0.487 e. The van der Waals surface area contributed by atoms with Gasteiger partial charge < -0.3 is 28.6 Å². The van der Waals surface area contributed by atoms with Crippen LogP contribution in [-0.2, 0) is 47.0 Å². The molecule has 0 radical (unpaired) electrons. The van der Waals surface area contributed by atoms with E-state index >= 15 is 4.39 Å². The second-order valence-electron chi connectivity index (χ2n) is 18.8. The van der Waals surface area contributed by atoms with Crippen LogP contribution >= 0.6 is 0 Å². The Labute approximate surface area is 360 Å². The highest BCUT2D eigenvalue weighted by atomic mass is 32.2. The lowest BCUT2D eigenvalue weighted by Gasteiger charge is -2.42. The molecule has 1 N–H and O–H groups in total. The highest BCUT2D eigenvalue weighted by Gasteiger charge is 2.45. The summed E-state index contributed by atoms with van der Waals surface area (Å²) in [7, 11) is -5.16. The first-order chi connectivity index (χ1) is 28.2. The van der Waals surface area contributed by atoms with Crippen molar-refractivity contribution in [3.05, 3.63) is 66.0 Å². The van der Waals surface area contributed by atoms with Crippen molar-refractivity contribution in [2.24, 2.45) is 17.8 Å². The minimum atomic E-state index is -5.16. The van der Waals surface area contributed by atoms with E-state index in [4.69, 9.17) is 23.7 Å². The maximum absolute atomic E-state index is 17.7. The average Bonchev–Trinajstić information content (AvgIpc) is 3.46. The lowest BCUT2D eigenvalue weighted by Crippen LogP contribution is -2.51. The van der Waals surface area contributed by atoms with Crippen LogP contribution in [0.2, 0.25) is 0 Å².